The van der Waals surface area contributed by atoms with E-state index in [1.54, 1.807) is 6.92 Å². The van der Waals surface area contributed by atoms with Gasteiger partial charge in [0.25, 0.3) is 0 Å². The summed E-state index contributed by atoms with van der Waals surface area (Å²) in [5.74, 6) is -0.115. The van der Waals surface area contributed by atoms with Gasteiger partial charge in [-0.2, -0.15) is 0 Å². The lowest BCUT2D eigenvalue weighted by molar-refractivity contribution is -0.126. The first-order valence-electron chi connectivity index (χ1n) is 7.38. The maximum Gasteiger partial charge on any atom is 0.244 e. The van der Waals surface area contributed by atoms with Crippen LogP contribution in [-0.4, -0.2) is 36.5 Å². The molecule has 2 unspecified atom stereocenters. The Balaban J connectivity index is 1.93. The third-order valence-electron chi connectivity index (χ3n) is 3.95. The van der Waals surface area contributed by atoms with Crippen LogP contribution in [0, 0.1) is 0 Å². The van der Waals surface area contributed by atoms with Gasteiger partial charge in [-0.1, -0.05) is 30.3 Å². The minimum Gasteiger partial charge on any atom is -0.350 e. The summed E-state index contributed by atoms with van der Waals surface area (Å²) in [4.78, 5) is 14.8. The summed E-state index contributed by atoms with van der Waals surface area (Å²) >= 11 is 0. The summed E-state index contributed by atoms with van der Waals surface area (Å²) in [5, 5.41) is 3.04. The van der Waals surface area contributed by atoms with Crippen molar-refractivity contribution in [3.05, 3.63) is 35.9 Å². The van der Waals surface area contributed by atoms with Gasteiger partial charge in [0.15, 0.2) is 0 Å². The van der Waals surface area contributed by atoms with Crippen LogP contribution in [0.5, 0.6) is 0 Å². The van der Waals surface area contributed by atoms with E-state index >= 15 is 0 Å². The van der Waals surface area contributed by atoms with Crippen molar-refractivity contribution < 1.29 is 4.79 Å². The number of nitrogens with zero attached hydrogens (tertiary/aromatic N) is 1. The summed E-state index contributed by atoms with van der Waals surface area (Å²) in [7, 11) is 0. The average molecular weight is 275 g/mol. The van der Waals surface area contributed by atoms with E-state index in [1.165, 1.54) is 12.8 Å². The Morgan fingerprint density at radius 1 is 1.35 bits per heavy atom. The second kappa shape index (κ2) is 6.37. The molecule has 1 aromatic carbocycles. The Hall–Kier alpha value is -1.39. The van der Waals surface area contributed by atoms with Crippen molar-refractivity contribution in [3.8, 4) is 0 Å². The Morgan fingerprint density at radius 2 is 1.95 bits per heavy atom. The van der Waals surface area contributed by atoms with Crippen molar-refractivity contribution >= 4 is 5.91 Å². The van der Waals surface area contributed by atoms with Gasteiger partial charge in [-0.15, -0.1) is 0 Å². The van der Waals surface area contributed by atoms with Crippen LogP contribution in [-0.2, 0) is 10.3 Å². The first-order valence-corrected chi connectivity index (χ1v) is 7.38. The van der Waals surface area contributed by atoms with E-state index in [1.807, 2.05) is 37.3 Å². The molecule has 1 aromatic rings. The molecule has 1 heterocycles. The number of benzene rings is 1. The molecule has 4 nitrogen and oxygen atoms in total. The predicted octanol–water partition coefficient (Wildman–Crippen LogP) is 1.46. The van der Waals surface area contributed by atoms with Crippen LogP contribution in [0.2, 0.25) is 0 Å². The largest absolute Gasteiger partial charge is 0.350 e. The lowest BCUT2D eigenvalue weighted by Crippen LogP contribution is -2.53. The van der Waals surface area contributed by atoms with Gasteiger partial charge in [0.2, 0.25) is 5.91 Å². The Kier molecular flexibility index (Phi) is 4.78. The van der Waals surface area contributed by atoms with E-state index < -0.39 is 5.54 Å². The first-order chi connectivity index (χ1) is 9.50. The quantitative estimate of drug-likeness (QED) is 0.855. The van der Waals surface area contributed by atoms with Crippen LogP contribution in [0.25, 0.3) is 0 Å². The van der Waals surface area contributed by atoms with Crippen LogP contribution < -0.4 is 11.1 Å². The standard InChI is InChI=1S/C16H25N3O/c1-13(12-19-10-6-7-11-19)18-15(20)16(2,17)14-8-4-3-5-9-14/h3-5,8-9,13H,6-7,10-12,17H2,1-2H3,(H,18,20). The Morgan fingerprint density at radius 3 is 2.55 bits per heavy atom. The highest BCUT2D eigenvalue weighted by molar-refractivity contribution is 5.87. The van der Waals surface area contributed by atoms with Gasteiger partial charge in [0.1, 0.15) is 5.54 Å². The van der Waals surface area contributed by atoms with Gasteiger partial charge in [-0.25, -0.2) is 0 Å². The van der Waals surface area contributed by atoms with Gasteiger partial charge in [-0.3, -0.25) is 4.79 Å². The molecular formula is C16H25N3O. The minimum absolute atomic E-state index is 0.115. The third kappa shape index (κ3) is 3.58. The number of hydrogen-bond acceptors (Lipinski definition) is 3. The monoisotopic (exact) mass is 275 g/mol. The maximum absolute atomic E-state index is 12.4. The minimum atomic E-state index is -0.986. The summed E-state index contributed by atoms with van der Waals surface area (Å²) < 4.78 is 0. The van der Waals surface area contributed by atoms with Crippen LogP contribution in [0.3, 0.4) is 0 Å². The molecule has 0 spiro atoms. The smallest absolute Gasteiger partial charge is 0.244 e. The van der Waals surface area contributed by atoms with Crippen molar-refractivity contribution in [2.24, 2.45) is 5.73 Å². The number of rotatable bonds is 5. The molecule has 0 saturated carbocycles. The molecule has 1 aliphatic heterocycles. The number of nitrogens with two attached hydrogens (primary N) is 1. The summed E-state index contributed by atoms with van der Waals surface area (Å²) in [6.07, 6.45) is 2.53. The van der Waals surface area contributed by atoms with Gasteiger partial charge >= 0.3 is 0 Å². The fourth-order valence-corrected chi connectivity index (χ4v) is 2.69. The summed E-state index contributed by atoms with van der Waals surface area (Å²) in [6, 6.07) is 9.64. The molecule has 0 radical (unpaired) electrons. The zero-order valence-corrected chi connectivity index (χ0v) is 12.4. The second-order valence-electron chi connectivity index (χ2n) is 5.95. The van der Waals surface area contributed by atoms with Crippen molar-refractivity contribution in [1.82, 2.24) is 10.2 Å². The Bertz CT molecular complexity index is 438. The van der Waals surface area contributed by atoms with E-state index in [0.717, 1.165) is 25.2 Å². The second-order valence-corrected chi connectivity index (χ2v) is 5.95. The lowest BCUT2D eigenvalue weighted by atomic mass is 9.92. The molecule has 2 atom stereocenters. The molecule has 4 heteroatoms. The van der Waals surface area contributed by atoms with E-state index in [0.29, 0.717) is 0 Å². The lowest BCUT2D eigenvalue weighted by Gasteiger charge is -2.28. The van der Waals surface area contributed by atoms with Crippen LogP contribution >= 0.6 is 0 Å². The van der Waals surface area contributed by atoms with Crippen molar-refractivity contribution in [2.45, 2.75) is 38.3 Å². The average Bonchev–Trinajstić information content (AvgIpc) is 2.92. The third-order valence-corrected chi connectivity index (χ3v) is 3.95. The van der Waals surface area contributed by atoms with Crippen molar-refractivity contribution in [1.29, 1.82) is 0 Å². The van der Waals surface area contributed by atoms with Crippen LogP contribution in [0.4, 0.5) is 0 Å². The van der Waals surface area contributed by atoms with Crippen LogP contribution in [0.15, 0.2) is 30.3 Å². The van der Waals surface area contributed by atoms with Gasteiger partial charge in [-0.05, 0) is 45.3 Å². The molecule has 1 saturated heterocycles. The molecule has 20 heavy (non-hydrogen) atoms. The zero-order valence-electron chi connectivity index (χ0n) is 12.4. The summed E-state index contributed by atoms with van der Waals surface area (Å²) in [5.41, 5.74) is 6.07. The number of likely N-dealkylation sites (tertiary alicyclic amines) is 1. The van der Waals surface area contributed by atoms with E-state index in [4.69, 9.17) is 5.73 Å². The maximum atomic E-state index is 12.4. The Labute approximate surface area is 121 Å². The fraction of sp³-hybridized carbons (Fsp3) is 0.562. The van der Waals surface area contributed by atoms with E-state index in [2.05, 4.69) is 10.2 Å². The highest BCUT2D eigenvalue weighted by Gasteiger charge is 2.31. The molecule has 2 rings (SSSR count). The first kappa shape index (κ1) is 15.0. The topological polar surface area (TPSA) is 58.4 Å². The number of carbonyl (C=O) groups is 1. The normalized spacial score (nSPS) is 20.4. The molecule has 0 aromatic heterocycles. The van der Waals surface area contributed by atoms with Gasteiger partial charge < -0.3 is 16.0 Å². The molecule has 1 amide bonds. The van der Waals surface area contributed by atoms with Gasteiger partial charge in [0, 0.05) is 12.6 Å². The molecule has 1 fully saturated rings. The fourth-order valence-electron chi connectivity index (χ4n) is 2.69. The number of nitrogens with one attached hydrogen (secondary N) is 1. The molecule has 0 bridgehead atoms. The molecule has 1 aliphatic rings. The highest BCUT2D eigenvalue weighted by Crippen LogP contribution is 2.17. The van der Waals surface area contributed by atoms with Gasteiger partial charge in [0.05, 0.1) is 0 Å². The van der Waals surface area contributed by atoms with Crippen molar-refractivity contribution in [3.63, 3.8) is 0 Å². The summed E-state index contributed by atoms with van der Waals surface area (Å²) in [6.45, 7) is 6.98. The highest BCUT2D eigenvalue weighted by atomic mass is 16.2. The molecular weight excluding hydrogens is 250 g/mol. The zero-order chi connectivity index (χ0) is 14.6. The molecule has 3 N–H and O–H groups in total. The van der Waals surface area contributed by atoms with E-state index in [-0.39, 0.29) is 11.9 Å². The SMILES string of the molecule is CC(CN1CCCC1)NC(=O)C(C)(N)c1ccccc1. The molecule has 0 aliphatic carbocycles. The number of hydrogen-bond donors (Lipinski definition) is 2. The van der Waals surface area contributed by atoms with Crippen molar-refractivity contribution in [2.75, 3.05) is 19.6 Å². The number of carbonyl (C=O) groups excluding carboxylic acids is 1. The molecule has 110 valence electrons. The predicted molar refractivity (Wildman–Crippen MR) is 81.3 cm³/mol. The van der Waals surface area contributed by atoms with E-state index in [9.17, 15) is 4.79 Å². The number of amides is 1. The van der Waals surface area contributed by atoms with Crippen LogP contribution in [0.1, 0.15) is 32.3 Å².